The van der Waals surface area contributed by atoms with Crippen molar-refractivity contribution in [2.24, 2.45) is 0 Å². The third kappa shape index (κ3) is 5.50. The van der Waals surface area contributed by atoms with Gasteiger partial charge in [0.25, 0.3) is 5.91 Å². The Hall–Kier alpha value is -4.13. The summed E-state index contributed by atoms with van der Waals surface area (Å²) in [4.78, 5) is 33.7. The number of aromatic nitrogens is 2. The molecule has 0 saturated carbocycles. The van der Waals surface area contributed by atoms with E-state index in [1.54, 1.807) is 18.2 Å². The van der Waals surface area contributed by atoms with E-state index >= 15 is 0 Å². The minimum Gasteiger partial charge on any atom is -0.479 e. The van der Waals surface area contributed by atoms with Crippen molar-refractivity contribution < 1.29 is 19.1 Å². The molecule has 6 nitrogen and oxygen atoms in total. The number of nitrogens with zero attached hydrogens (tertiary/aromatic N) is 2. The number of fused-ring (bicyclic) bond motifs is 2. The minimum atomic E-state index is -1.91. The summed E-state index contributed by atoms with van der Waals surface area (Å²) in [5, 5.41) is 12.0. The van der Waals surface area contributed by atoms with E-state index in [0.29, 0.717) is 40.8 Å². The molecule has 1 aliphatic carbocycles. The summed E-state index contributed by atoms with van der Waals surface area (Å²) in [7, 11) is 0. The number of carboxylic acid groups (broad SMARTS) is 1. The van der Waals surface area contributed by atoms with Gasteiger partial charge in [0.05, 0.1) is 28.5 Å². The van der Waals surface area contributed by atoms with Crippen molar-refractivity contribution in [1.82, 2.24) is 15.3 Å². The maximum Gasteiger partial charge on any atom is 0.338 e. The molecule has 1 aliphatic rings. The van der Waals surface area contributed by atoms with Gasteiger partial charge in [0.2, 0.25) is 0 Å². The van der Waals surface area contributed by atoms with Crippen molar-refractivity contribution in [1.29, 1.82) is 0 Å². The zero-order valence-corrected chi connectivity index (χ0v) is 20.4. The fourth-order valence-electron chi connectivity index (χ4n) is 4.95. The number of carbonyl (C=O) groups is 2. The summed E-state index contributed by atoms with van der Waals surface area (Å²) in [6.07, 6.45) is 1.62. The van der Waals surface area contributed by atoms with Crippen LogP contribution in [-0.4, -0.2) is 33.1 Å². The second kappa shape index (κ2) is 10.9. The molecule has 3 aromatic carbocycles. The van der Waals surface area contributed by atoms with Crippen molar-refractivity contribution in [3.63, 3.8) is 0 Å². The summed E-state index contributed by atoms with van der Waals surface area (Å²) >= 11 is 0. The monoisotopic (exact) mass is 497 g/mol. The Morgan fingerprint density at radius 3 is 2.59 bits per heavy atom. The van der Waals surface area contributed by atoms with E-state index in [1.165, 1.54) is 11.1 Å². The first-order valence-electron chi connectivity index (χ1n) is 12.6. The number of benzene rings is 3. The topological polar surface area (TPSA) is 92.2 Å². The highest BCUT2D eigenvalue weighted by atomic mass is 19.1. The van der Waals surface area contributed by atoms with Crippen molar-refractivity contribution in [3.05, 3.63) is 95.2 Å². The maximum absolute atomic E-state index is 13.7. The van der Waals surface area contributed by atoms with E-state index in [-0.39, 0.29) is 18.4 Å². The number of nitrogens with one attached hydrogen (secondary N) is 1. The van der Waals surface area contributed by atoms with Gasteiger partial charge < -0.3 is 10.4 Å². The van der Waals surface area contributed by atoms with E-state index < -0.39 is 12.1 Å². The molecule has 0 aliphatic heterocycles. The zero-order valence-electron chi connectivity index (χ0n) is 20.4. The van der Waals surface area contributed by atoms with Crippen molar-refractivity contribution >= 4 is 22.9 Å². The number of halogens is 1. The fraction of sp³-hybridized carbons (Fsp3) is 0.267. The molecule has 2 atom stereocenters. The minimum absolute atomic E-state index is 0.0295. The maximum atomic E-state index is 13.7. The Bertz CT molecular complexity index is 1440. The van der Waals surface area contributed by atoms with Crippen LogP contribution in [0.1, 0.15) is 58.9 Å². The molecule has 4 aromatic rings. The van der Waals surface area contributed by atoms with Crippen LogP contribution >= 0.6 is 0 Å². The molecular weight excluding hydrogens is 469 g/mol. The van der Waals surface area contributed by atoms with Crippen LogP contribution in [0.3, 0.4) is 0 Å². The zero-order chi connectivity index (χ0) is 25.8. The number of aryl methyl sites for hydroxylation is 2. The molecule has 1 heterocycles. The largest absolute Gasteiger partial charge is 0.479 e. The van der Waals surface area contributed by atoms with Gasteiger partial charge in [-0.3, -0.25) is 4.79 Å². The third-order valence-electron chi connectivity index (χ3n) is 6.86. The van der Waals surface area contributed by atoms with E-state index in [9.17, 15) is 14.0 Å². The predicted octanol–water partition coefficient (Wildman–Crippen LogP) is 5.85. The molecule has 0 spiro atoms. The van der Waals surface area contributed by atoms with Crippen LogP contribution < -0.4 is 5.32 Å². The molecule has 1 amide bonds. The van der Waals surface area contributed by atoms with Gasteiger partial charge in [-0.15, -0.1) is 0 Å². The number of hydrogen-bond donors (Lipinski definition) is 2. The normalized spacial score (nSPS) is 15.6. The molecule has 0 radical (unpaired) electrons. The molecule has 0 fully saturated rings. The highest BCUT2D eigenvalue weighted by Crippen LogP contribution is 2.30. The molecular formula is C30H28FN3O3. The highest BCUT2D eigenvalue weighted by Gasteiger charge is 2.22. The van der Waals surface area contributed by atoms with Crippen LogP contribution in [-0.2, 0) is 17.6 Å². The lowest BCUT2D eigenvalue weighted by Crippen LogP contribution is -2.31. The van der Waals surface area contributed by atoms with Gasteiger partial charge in [-0.1, -0.05) is 54.6 Å². The number of hydrogen-bond acceptors (Lipinski definition) is 4. The molecule has 1 aromatic heterocycles. The molecule has 37 heavy (non-hydrogen) atoms. The fourth-order valence-corrected chi connectivity index (χ4v) is 4.95. The molecule has 188 valence electrons. The number of amides is 1. The van der Waals surface area contributed by atoms with Gasteiger partial charge in [0, 0.05) is 11.1 Å². The van der Waals surface area contributed by atoms with Gasteiger partial charge in [-0.05, 0) is 67.9 Å². The average molecular weight is 498 g/mol. The Morgan fingerprint density at radius 2 is 1.78 bits per heavy atom. The first-order chi connectivity index (χ1) is 18.0. The van der Waals surface area contributed by atoms with E-state index in [2.05, 4.69) is 17.4 Å². The number of carbonyl (C=O) groups excluding carboxylic acids is 1. The Balaban J connectivity index is 1.43. The summed E-state index contributed by atoms with van der Waals surface area (Å²) in [5.41, 5.74) is 6.37. The highest BCUT2D eigenvalue weighted by molar-refractivity contribution is 5.97. The number of rotatable bonds is 8. The number of alkyl halides is 1. The van der Waals surface area contributed by atoms with E-state index in [0.717, 1.165) is 24.8 Å². The lowest BCUT2D eigenvalue weighted by Gasteiger charge is -2.26. The number of carboxylic acids is 1. The second-order valence-electron chi connectivity index (χ2n) is 9.40. The van der Waals surface area contributed by atoms with Crippen LogP contribution in [0.5, 0.6) is 0 Å². The van der Waals surface area contributed by atoms with Gasteiger partial charge in [0.1, 0.15) is 0 Å². The van der Waals surface area contributed by atoms with Crippen molar-refractivity contribution in [3.8, 4) is 11.3 Å². The summed E-state index contributed by atoms with van der Waals surface area (Å²) in [6, 6.07) is 23.1. The van der Waals surface area contributed by atoms with Gasteiger partial charge >= 0.3 is 5.97 Å². The SMILES string of the molecule is O=C(N[C@@H]1CCCc2ccccc21)c1ccc2nc(-c3ccccc3)c(CCCC(F)C(=O)O)nc2c1. The third-order valence-corrected chi connectivity index (χ3v) is 6.86. The summed E-state index contributed by atoms with van der Waals surface area (Å²) < 4.78 is 13.7. The average Bonchev–Trinajstić information content (AvgIpc) is 2.93. The van der Waals surface area contributed by atoms with Gasteiger partial charge in [0.15, 0.2) is 6.17 Å². The van der Waals surface area contributed by atoms with E-state index in [1.807, 2.05) is 42.5 Å². The van der Waals surface area contributed by atoms with Crippen LogP contribution in [0, 0.1) is 0 Å². The van der Waals surface area contributed by atoms with Crippen molar-refractivity contribution in [2.45, 2.75) is 50.7 Å². The van der Waals surface area contributed by atoms with Crippen LogP contribution in [0.4, 0.5) is 4.39 Å². The summed E-state index contributed by atoms with van der Waals surface area (Å²) in [5.74, 6) is -1.62. The van der Waals surface area contributed by atoms with E-state index in [4.69, 9.17) is 15.1 Å². The Kier molecular flexibility index (Phi) is 7.21. The van der Waals surface area contributed by atoms with Crippen LogP contribution in [0.15, 0.2) is 72.8 Å². The first-order valence-corrected chi connectivity index (χ1v) is 12.6. The first kappa shape index (κ1) is 24.6. The van der Waals surface area contributed by atoms with Gasteiger partial charge in [-0.25, -0.2) is 19.2 Å². The molecule has 5 rings (SSSR count). The molecule has 0 saturated heterocycles. The van der Waals surface area contributed by atoms with Crippen molar-refractivity contribution in [2.75, 3.05) is 0 Å². The van der Waals surface area contributed by atoms with Crippen LogP contribution in [0.25, 0.3) is 22.3 Å². The molecule has 2 N–H and O–H groups in total. The molecule has 1 unspecified atom stereocenters. The standard InChI is InChI=1S/C30H28FN3O3/c31-23(30(36)37)13-7-15-26-28(20-9-2-1-3-10-20)33-25-17-16-21(18-27(25)32-26)29(35)34-24-14-6-11-19-8-4-5-12-22(19)24/h1-5,8-10,12,16-18,23-24H,6-7,11,13-15H2,(H,34,35)(H,36,37)/t23?,24-/m1/s1. The lowest BCUT2D eigenvalue weighted by atomic mass is 9.87. The number of aliphatic carboxylic acids is 1. The quantitative estimate of drug-likeness (QED) is 0.319. The second-order valence-corrected chi connectivity index (χ2v) is 9.40. The Morgan fingerprint density at radius 1 is 1.00 bits per heavy atom. The summed E-state index contributed by atoms with van der Waals surface area (Å²) in [6.45, 7) is 0. The Labute approximate surface area is 214 Å². The predicted molar refractivity (Wildman–Crippen MR) is 140 cm³/mol. The molecule has 7 heteroatoms. The van der Waals surface area contributed by atoms with Gasteiger partial charge in [-0.2, -0.15) is 0 Å². The molecule has 0 bridgehead atoms. The van der Waals surface area contributed by atoms with Crippen LogP contribution in [0.2, 0.25) is 0 Å². The smallest absolute Gasteiger partial charge is 0.338 e. The lowest BCUT2D eigenvalue weighted by molar-refractivity contribution is -0.143.